The summed E-state index contributed by atoms with van der Waals surface area (Å²) in [6.07, 6.45) is 5.52. The zero-order chi connectivity index (χ0) is 16.8. The summed E-state index contributed by atoms with van der Waals surface area (Å²) in [5.74, 6) is 1.61. The second kappa shape index (κ2) is 7.64. The molecule has 1 amide bonds. The first kappa shape index (κ1) is 16.1. The predicted molar refractivity (Wildman–Crippen MR) is 93.2 cm³/mol. The molecule has 0 atom stereocenters. The number of benzene rings is 1. The number of carbonyl (C=O) groups is 1. The van der Waals surface area contributed by atoms with Crippen LogP contribution in [0.1, 0.15) is 17.8 Å². The molecule has 2 aromatic heterocycles. The molecule has 24 heavy (non-hydrogen) atoms. The highest BCUT2D eigenvalue weighted by molar-refractivity contribution is 5.77. The van der Waals surface area contributed by atoms with Crippen LogP contribution in [-0.2, 0) is 11.2 Å². The van der Waals surface area contributed by atoms with Crippen molar-refractivity contribution in [3.05, 3.63) is 66.2 Å². The molecule has 0 unspecified atom stereocenters. The van der Waals surface area contributed by atoms with Crippen molar-refractivity contribution < 1.29 is 9.53 Å². The Morgan fingerprint density at radius 3 is 2.88 bits per heavy atom. The van der Waals surface area contributed by atoms with Crippen LogP contribution in [0.3, 0.4) is 0 Å². The number of aromatic nitrogens is 2. The number of ether oxygens (including phenoxy) is 1. The van der Waals surface area contributed by atoms with E-state index in [4.69, 9.17) is 4.74 Å². The number of amides is 1. The second-order valence-corrected chi connectivity index (χ2v) is 5.73. The molecule has 0 fully saturated rings. The number of nitrogens with zero attached hydrogens (tertiary/aromatic N) is 2. The molecular formula is C19H21N3O2. The van der Waals surface area contributed by atoms with E-state index in [9.17, 15) is 4.79 Å². The Labute approximate surface area is 141 Å². The minimum atomic E-state index is -0.108. The average molecular weight is 323 g/mol. The van der Waals surface area contributed by atoms with Gasteiger partial charge in [0, 0.05) is 19.2 Å². The summed E-state index contributed by atoms with van der Waals surface area (Å²) < 4.78 is 7.53. The van der Waals surface area contributed by atoms with E-state index in [1.807, 2.05) is 61.8 Å². The van der Waals surface area contributed by atoms with Crippen molar-refractivity contribution in [3.63, 3.8) is 0 Å². The summed E-state index contributed by atoms with van der Waals surface area (Å²) in [7, 11) is 0. The monoisotopic (exact) mass is 323 g/mol. The lowest BCUT2D eigenvalue weighted by atomic mass is 10.2. The first-order chi connectivity index (χ1) is 11.7. The Kier molecular flexibility index (Phi) is 5.11. The van der Waals surface area contributed by atoms with Gasteiger partial charge in [0.05, 0.1) is 11.7 Å². The second-order valence-electron chi connectivity index (χ2n) is 5.73. The normalized spacial score (nSPS) is 10.7. The van der Waals surface area contributed by atoms with Gasteiger partial charge in [0.25, 0.3) is 5.91 Å². The average Bonchev–Trinajstić information content (AvgIpc) is 3.01. The number of carbonyl (C=O) groups excluding carboxylic acids is 1. The third-order valence-corrected chi connectivity index (χ3v) is 3.81. The molecule has 2 heterocycles. The van der Waals surface area contributed by atoms with E-state index in [2.05, 4.69) is 14.7 Å². The molecule has 0 aliphatic carbocycles. The molecule has 3 aromatic rings. The van der Waals surface area contributed by atoms with Gasteiger partial charge in [-0.1, -0.05) is 23.8 Å². The summed E-state index contributed by atoms with van der Waals surface area (Å²) in [5, 5.41) is 2.87. The van der Waals surface area contributed by atoms with Gasteiger partial charge in [0.2, 0.25) is 0 Å². The third kappa shape index (κ3) is 4.13. The smallest absolute Gasteiger partial charge is 0.257 e. The summed E-state index contributed by atoms with van der Waals surface area (Å²) in [5.41, 5.74) is 2.25. The largest absolute Gasteiger partial charge is 0.484 e. The van der Waals surface area contributed by atoms with Gasteiger partial charge in [0.1, 0.15) is 11.6 Å². The molecule has 1 N–H and O–H groups in total. The highest BCUT2D eigenvalue weighted by Gasteiger charge is 2.05. The van der Waals surface area contributed by atoms with Crippen LogP contribution >= 0.6 is 0 Å². The summed E-state index contributed by atoms with van der Waals surface area (Å²) in [4.78, 5) is 16.2. The van der Waals surface area contributed by atoms with E-state index in [1.54, 1.807) is 0 Å². The minimum absolute atomic E-state index is 0.0371. The Balaban J connectivity index is 1.38. The standard InChI is InChI=1S/C19H21N3O2/c1-15-7-9-17(10-8-15)24-14-19(23)20-11-4-6-18-21-13-16-5-2-3-12-22(16)18/h2-3,5,7-10,12-13H,4,6,11,14H2,1H3,(H,20,23). The first-order valence-corrected chi connectivity index (χ1v) is 8.09. The number of hydrogen-bond donors (Lipinski definition) is 1. The molecule has 0 aliphatic rings. The number of hydrogen-bond acceptors (Lipinski definition) is 3. The van der Waals surface area contributed by atoms with Gasteiger partial charge in [-0.25, -0.2) is 4.98 Å². The maximum absolute atomic E-state index is 11.8. The van der Waals surface area contributed by atoms with Crippen LogP contribution in [0.2, 0.25) is 0 Å². The van der Waals surface area contributed by atoms with E-state index >= 15 is 0 Å². The highest BCUT2D eigenvalue weighted by atomic mass is 16.5. The summed E-state index contributed by atoms with van der Waals surface area (Å²) in [6, 6.07) is 13.7. The van der Waals surface area contributed by atoms with Crippen molar-refractivity contribution in [2.75, 3.05) is 13.2 Å². The zero-order valence-corrected chi connectivity index (χ0v) is 13.7. The Morgan fingerprint density at radius 2 is 2.04 bits per heavy atom. The van der Waals surface area contributed by atoms with E-state index in [1.165, 1.54) is 5.56 Å². The van der Waals surface area contributed by atoms with E-state index in [0.29, 0.717) is 12.3 Å². The fourth-order valence-electron chi connectivity index (χ4n) is 2.49. The summed E-state index contributed by atoms with van der Waals surface area (Å²) >= 11 is 0. The number of aryl methyl sites for hydroxylation is 2. The van der Waals surface area contributed by atoms with Gasteiger partial charge in [0.15, 0.2) is 6.61 Å². The predicted octanol–water partition coefficient (Wildman–Crippen LogP) is 2.77. The van der Waals surface area contributed by atoms with Crippen molar-refractivity contribution >= 4 is 11.4 Å². The van der Waals surface area contributed by atoms with Crippen LogP contribution in [0.25, 0.3) is 5.52 Å². The van der Waals surface area contributed by atoms with Crippen LogP contribution in [0.4, 0.5) is 0 Å². The molecule has 0 saturated carbocycles. The van der Waals surface area contributed by atoms with Gasteiger partial charge in [-0.2, -0.15) is 0 Å². The molecule has 5 nitrogen and oxygen atoms in total. The van der Waals surface area contributed by atoms with Crippen molar-refractivity contribution in [3.8, 4) is 5.75 Å². The van der Waals surface area contributed by atoms with Crippen LogP contribution in [0.15, 0.2) is 54.9 Å². The quantitative estimate of drug-likeness (QED) is 0.680. The topological polar surface area (TPSA) is 55.6 Å². The van der Waals surface area contributed by atoms with Gasteiger partial charge in [-0.3, -0.25) is 4.79 Å². The van der Waals surface area contributed by atoms with Crippen molar-refractivity contribution in [2.24, 2.45) is 0 Å². The van der Waals surface area contributed by atoms with Gasteiger partial charge < -0.3 is 14.5 Å². The number of imidazole rings is 1. The molecule has 5 heteroatoms. The molecule has 0 spiro atoms. The Bertz CT molecular complexity index is 809. The van der Waals surface area contributed by atoms with E-state index in [0.717, 1.165) is 24.2 Å². The van der Waals surface area contributed by atoms with E-state index < -0.39 is 0 Å². The van der Waals surface area contributed by atoms with Crippen LogP contribution in [-0.4, -0.2) is 28.4 Å². The van der Waals surface area contributed by atoms with Gasteiger partial charge in [-0.15, -0.1) is 0 Å². The Morgan fingerprint density at radius 1 is 1.21 bits per heavy atom. The first-order valence-electron chi connectivity index (χ1n) is 8.09. The SMILES string of the molecule is Cc1ccc(OCC(=O)NCCCc2ncc3ccccn23)cc1. The molecular weight excluding hydrogens is 302 g/mol. The lowest BCUT2D eigenvalue weighted by Gasteiger charge is -2.07. The van der Waals surface area contributed by atoms with Crippen LogP contribution < -0.4 is 10.1 Å². The van der Waals surface area contributed by atoms with Gasteiger partial charge >= 0.3 is 0 Å². The molecule has 124 valence electrons. The molecule has 3 rings (SSSR count). The lowest BCUT2D eigenvalue weighted by Crippen LogP contribution is -2.30. The zero-order valence-electron chi connectivity index (χ0n) is 13.7. The van der Waals surface area contributed by atoms with Crippen molar-refractivity contribution in [1.82, 2.24) is 14.7 Å². The molecule has 0 bridgehead atoms. The van der Waals surface area contributed by atoms with Crippen LogP contribution in [0.5, 0.6) is 5.75 Å². The summed E-state index contributed by atoms with van der Waals surface area (Å²) in [6.45, 7) is 2.66. The third-order valence-electron chi connectivity index (χ3n) is 3.81. The molecule has 0 radical (unpaired) electrons. The number of nitrogens with one attached hydrogen (secondary N) is 1. The molecule has 0 aliphatic heterocycles. The van der Waals surface area contributed by atoms with Crippen molar-refractivity contribution in [2.45, 2.75) is 19.8 Å². The van der Waals surface area contributed by atoms with E-state index in [-0.39, 0.29) is 12.5 Å². The lowest BCUT2D eigenvalue weighted by molar-refractivity contribution is -0.123. The number of fused-ring (bicyclic) bond motifs is 1. The number of pyridine rings is 1. The molecule has 0 saturated heterocycles. The minimum Gasteiger partial charge on any atom is -0.484 e. The Hall–Kier alpha value is -2.82. The molecule has 1 aromatic carbocycles. The fraction of sp³-hybridized carbons (Fsp3) is 0.263. The highest BCUT2D eigenvalue weighted by Crippen LogP contribution is 2.11. The van der Waals surface area contributed by atoms with Crippen molar-refractivity contribution in [1.29, 1.82) is 0 Å². The maximum Gasteiger partial charge on any atom is 0.257 e. The maximum atomic E-state index is 11.8. The van der Waals surface area contributed by atoms with Crippen LogP contribution in [0, 0.1) is 6.92 Å². The van der Waals surface area contributed by atoms with Gasteiger partial charge in [-0.05, 0) is 37.6 Å². The number of rotatable bonds is 7. The fourth-order valence-corrected chi connectivity index (χ4v) is 2.49.